The second-order valence-electron chi connectivity index (χ2n) is 5.50. The van der Waals surface area contributed by atoms with Crippen molar-refractivity contribution < 1.29 is 9.59 Å². The van der Waals surface area contributed by atoms with Crippen LogP contribution < -0.4 is 10.6 Å². The normalized spacial score (nSPS) is 15.1. The van der Waals surface area contributed by atoms with Crippen LogP contribution in [0.2, 0.25) is 0 Å². The minimum atomic E-state index is -0.0988. The summed E-state index contributed by atoms with van der Waals surface area (Å²) in [6, 6.07) is 7.18. The molecule has 1 aliphatic rings. The fourth-order valence-corrected chi connectivity index (χ4v) is 2.70. The highest BCUT2D eigenvalue weighted by Crippen LogP contribution is 2.28. The molecule has 1 aliphatic carbocycles. The molecule has 1 aromatic rings. The summed E-state index contributed by atoms with van der Waals surface area (Å²) in [6.07, 6.45) is 6.78. The van der Waals surface area contributed by atoms with Crippen LogP contribution in [0.1, 0.15) is 45.4 Å². The van der Waals surface area contributed by atoms with Crippen molar-refractivity contribution in [2.75, 3.05) is 10.6 Å². The maximum Gasteiger partial charge on any atom is 0.224 e. The van der Waals surface area contributed by atoms with E-state index in [1.165, 1.54) is 32.6 Å². The molecule has 2 N–H and O–H groups in total. The highest BCUT2D eigenvalue weighted by atomic mass is 16.2. The highest BCUT2D eigenvalue weighted by Gasteiger charge is 2.16. The Morgan fingerprint density at radius 1 is 1.05 bits per heavy atom. The zero-order chi connectivity index (χ0) is 14.4. The Balaban J connectivity index is 1.76. The van der Waals surface area contributed by atoms with Gasteiger partial charge < -0.3 is 10.6 Å². The number of carbonyl (C=O) groups is 2. The van der Waals surface area contributed by atoms with Crippen LogP contribution in [0.25, 0.3) is 0 Å². The number of carbonyl (C=O) groups excluding carboxylic acids is 2. The van der Waals surface area contributed by atoms with Gasteiger partial charge in [-0.1, -0.05) is 25.7 Å². The van der Waals surface area contributed by atoms with Crippen molar-refractivity contribution in [3.63, 3.8) is 0 Å². The number of anilines is 2. The van der Waals surface area contributed by atoms with E-state index in [-0.39, 0.29) is 11.8 Å². The largest absolute Gasteiger partial charge is 0.326 e. The molecule has 0 heterocycles. The Morgan fingerprint density at radius 3 is 2.15 bits per heavy atom. The number of rotatable bonds is 5. The average molecular weight is 274 g/mol. The van der Waals surface area contributed by atoms with Gasteiger partial charge in [0, 0.05) is 24.7 Å². The van der Waals surface area contributed by atoms with Crippen LogP contribution in [-0.4, -0.2) is 11.8 Å². The van der Waals surface area contributed by atoms with Crippen LogP contribution >= 0.6 is 0 Å². The number of amides is 2. The SMILES string of the molecule is CC(=O)Nc1ccc(NC(=O)CCC2CCCC2)cc1. The molecule has 2 amide bonds. The van der Waals surface area contributed by atoms with Gasteiger partial charge in [0.15, 0.2) is 0 Å². The van der Waals surface area contributed by atoms with Gasteiger partial charge in [0.2, 0.25) is 11.8 Å². The van der Waals surface area contributed by atoms with Crippen LogP contribution in [0, 0.1) is 5.92 Å². The molecule has 1 fully saturated rings. The minimum absolute atomic E-state index is 0.0733. The number of hydrogen-bond acceptors (Lipinski definition) is 2. The van der Waals surface area contributed by atoms with E-state index in [1.54, 1.807) is 24.3 Å². The van der Waals surface area contributed by atoms with Crippen LogP contribution in [0.4, 0.5) is 11.4 Å². The lowest BCUT2D eigenvalue weighted by Gasteiger charge is -2.09. The van der Waals surface area contributed by atoms with E-state index in [1.807, 2.05) is 0 Å². The molecule has 108 valence electrons. The summed E-state index contributed by atoms with van der Waals surface area (Å²) in [5.74, 6) is 0.713. The van der Waals surface area contributed by atoms with Gasteiger partial charge in [0.05, 0.1) is 0 Å². The molecular formula is C16H22N2O2. The van der Waals surface area contributed by atoms with Crippen molar-refractivity contribution in [2.45, 2.75) is 45.4 Å². The molecule has 1 aromatic carbocycles. The Kier molecular flexibility index (Phi) is 5.16. The fourth-order valence-electron chi connectivity index (χ4n) is 2.70. The van der Waals surface area contributed by atoms with Gasteiger partial charge in [-0.15, -0.1) is 0 Å². The molecule has 0 bridgehead atoms. The van der Waals surface area contributed by atoms with E-state index in [9.17, 15) is 9.59 Å². The molecule has 0 unspecified atom stereocenters. The van der Waals surface area contributed by atoms with Gasteiger partial charge >= 0.3 is 0 Å². The second-order valence-corrected chi connectivity index (χ2v) is 5.50. The summed E-state index contributed by atoms with van der Waals surface area (Å²) in [5, 5.41) is 5.59. The smallest absolute Gasteiger partial charge is 0.224 e. The minimum Gasteiger partial charge on any atom is -0.326 e. The Bertz CT molecular complexity index is 462. The lowest BCUT2D eigenvalue weighted by molar-refractivity contribution is -0.116. The Morgan fingerprint density at radius 2 is 1.60 bits per heavy atom. The van der Waals surface area contributed by atoms with Crippen LogP contribution in [0.3, 0.4) is 0 Å². The van der Waals surface area contributed by atoms with Gasteiger partial charge in [0.25, 0.3) is 0 Å². The van der Waals surface area contributed by atoms with Crippen molar-refractivity contribution in [3.8, 4) is 0 Å². The monoisotopic (exact) mass is 274 g/mol. The Labute approximate surface area is 119 Å². The summed E-state index contributed by atoms with van der Waals surface area (Å²) < 4.78 is 0. The molecule has 2 rings (SSSR count). The van der Waals surface area contributed by atoms with Gasteiger partial charge in [-0.05, 0) is 36.6 Å². The lowest BCUT2D eigenvalue weighted by atomic mass is 10.0. The van der Waals surface area contributed by atoms with Crippen molar-refractivity contribution in [1.29, 1.82) is 0 Å². The average Bonchev–Trinajstić information content (AvgIpc) is 2.91. The van der Waals surface area contributed by atoms with Crippen LogP contribution in [0.15, 0.2) is 24.3 Å². The predicted octanol–water partition coefficient (Wildman–Crippen LogP) is 3.55. The second kappa shape index (κ2) is 7.08. The molecule has 1 saturated carbocycles. The first kappa shape index (κ1) is 14.6. The standard InChI is InChI=1S/C16H22N2O2/c1-12(19)17-14-7-9-15(10-8-14)18-16(20)11-6-13-4-2-3-5-13/h7-10,13H,2-6,11H2,1H3,(H,17,19)(H,18,20). The molecule has 4 heteroatoms. The number of benzene rings is 1. The van der Waals surface area contributed by atoms with Crippen molar-refractivity contribution in [2.24, 2.45) is 5.92 Å². The molecular weight excluding hydrogens is 252 g/mol. The Hall–Kier alpha value is -1.84. The first-order valence-electron chi connectivity index (χ1n) is 7.31. The van der Waals surface area contributed by atoms with Gasteiger partial charge in [-0.3, -0.25) is 9.59 Å². The van der Waals surface area contributed by atoms with Crippen LogP contribution in [-0.2, 0) is 9.59 Å². The van der Waals surface area contributed by atoms with Gasteiger partial charge in [-0.2, -0.15) is 0 Å². The van der Waals surface area contributed by atoms with E-state index in [2.05, 4.69) is 10.6 Å². The number of hydrogen-bond donors (Lipinski definition) is 2. The molecule has 0 aromatic heterocycles. The first-order chi connectivity index (χ1) is 9.63. The maximum absolute atomic E-state index is 11.9. The third-order valence-corrected chi connectivity index (χ3v) is 3.74. The molecule has 0 aliphatic heterocycles. The number of nitrogens with one attached hydrogen (secondary N) is 2. The topological polar surface area (TPSA) is 58.2 Å². The van der Waals surface area contributed by atoms with Crippen LogP contribution in [0.5, 0.6) is 0 Å². The maximum atomic E-state index is 11.9. The highest BCUT2D eigenvalue weighted by molar-refractivity contribution is 5.92. The predicted molar refractivity (Wildman–Crippen MR) is 80.6 cm³/mol. The molecule has 0 saturated heterocycles. The quantitative estimate of drug-likeness (QED) is 0.862. The first-order valence-corrected chi connectivity index (χ1v) is 7.31. The van der Waals surface area contributed by atoms with E-state index < -0.39 is 0 Å². The lowest BCUT2D eigenvalue weighted by Crippen LogP contribution is -2.13. The molecule has 0 radical (unpaired) electrons. The zero-order valence-corrected chi connectivity index (χ0v) is 11.9. The molecule has 0 spiro atoms. The van der Waals surface area contributed by atoms with E-state index in [0.717, 1.165) is 23.7 Å². The van der Waals surface area contributed by atoms with E-state index in [4.69, 9.17) is 0 Å². The third-order valence-electron chi connectivity index (χ3n) is 3.74. The zero-order valence-electron chi connectivity index (χ0n) is 11.9. The molecule has 4 nitrogen and oxygen atoms in total. The fraction of sp³-hybridized carbons (Fsp3) is 0.500. The van der Waals surface area contributed by atoms with E-state index >= 15 is 0 Å². The third kappa shape index (κ3) is 4.68. The summed E-state index contributed by atoms with van der Waals surface area (Å²) >= 11 is 0. The summed E-state index contributed by atoms with van der Waals surface area (Å²) in [4.78, 5) is 22.8. The summed E-state index contributed by atoms with van der Waals surface area (Å²) in [5.41, 5.74) is 1.51. The molecule has 20 heavy (non-hydrogen) atoms. The van der Waals surface area contributed by atoms with Crippen molar-refractivity contribution in [3.05, 3.63) is 24.3 Å². The summed E-state index contributed by atoms with van der Waals surface area (Å²) in [6.45, 7) is 1.47. The molecule has 0 atom stereocenters. The van der Waals surface area contributed by atoms with Crippen molar-refractivity contribution in [1.82, 2.24) is 0 Å². The van der Waals surface area contributed by atoms with Gasteiger partial charge in [-0.25, -0.2) is 0 Å². The van der Waals surface area contributed by atoms with Crippen molar-refractivity contribution >= 4 is 23.2 Å². The van der Waals surface area contributed by atoms with E-state index in [0.29, 0.717) is 6.42 Å². The van der Waals surface area contributed by atoms with Gasteiger partial charge in [0.1, 0.15) is 0 Å². The summed E-state index contributed by atoms with van der Waals surface area (Å²) in [7, 11) is 0.